The number of methoxy groups -OCH3 is 1. The number of nitrogens with zero attached hydrogens (tertiary/aromatic N) is 1. The summed E-state index contributed by atoms with van der Waals surface area (Å²) in [6.07, 6.45) is 0. The highest BCUT2D eigenvalue weighted by atomic mass is 32.2. The molecule has 6 nitrogen and oxygen atoms in total. The van der Waals surface area contributed by atoms with Crippen LogP contribution in [0.1, 0.15) is 28.4 Å². The van der Waals surface area contributed by atoms with E-state index in [2.05, 4.69) is 5.32 Å². The molecule has 0 heterocycles. The Morgan fingerprint density at radius 3 is 2.13 bits per heavy atom. The predicted molar refractivity (Wildman–Crippen MR) is 120 cm³/mol. The molecule has 7 heteroatoms. The van der Waals surface area contributed by atoms with Crippen LogP contribution in [-0.4, -0.2) is 32.3 Å². The number of sulfonamides is 1. The molecule has 0 aromatic heterocycles. The van der Waals surface area contributed by atoms with Gasteiger partial charge in [-0.05, 0) is 29.3 Å². The van der Waals surface area contributed by atoms with Crippen LogP contribution in [0, 0.1) is 0 Å². The van der Waals surface area contributed by atoms with E-state index >= 15 is 0 Å². The molecule has 3 aromatic carbocycles. The molecule has 0 radical (unpaired) electrons. The van der Waals surface area contributed by atoms with Gasteiger partial charge in [-0.15, -0.1) is 0 Å². The lowest BCUT2D eigenvalue weighted by atomic mass is 10.2. The number of amides is 1. The lowest BCUT2D eigenvalue weighted by Gasteiger charge is -2.22. The Labute approximate surface area is 183 Å². The summed E-state index contributed by atoms with van der Waals surface area (Å²) in [5, 5.41) is 2.83. The van der Waals surface area contributed by atoms with Gasteiger partial charge in [-0.2, -0.15) is 4.31 Å². The van der Waals surface area contributed by atoms with Crippen molar-refractivity contribution in [3.63, 3.8) is 0 Å². The summed E-state index contributed by atoms with van der Waals surface area (Å²) in [5.41, 5.74) is 2.09. The average Bonchev–Trinajstić information content (AvgIpc) is 2.81. The lowest BCUT2D eigenvalue weighted by Crippen LogP contribution is -2.31. The number of benzene rings is 3. The van der Waals surface area contributed by atoms with Crippen LogP contribution in [0.25, 0.3) is 0 Å². The zero-order valence-electron chi connectivity index (χ0n) is 17.6. The van der Waals surface area contributed by atoms with Crippen LogP contribution in [0.3, 0.4) is 0 Å². The number of carbonyl (C=O) groups is 1. The molecule has 31 heavy (non-hydrogen) atoms. The Bertz CT molecular complexity index is 1120. The third-order valence-electron chi connectivity index (χ3n) is 4.89. The van der Waals surface area contributed by atoms with E-state index in [4.69, 9.17) is 4.74 Å². The molecule has 0 aliphatic carbocycles. The van der Waals surface area contributed by atoms with Gasteiger partial charge in [0.1, 0.15) is 10.6 Å². The van der Waals surface area contributed by atoms with Crippen molar-refractivity contribution in [3.8, 4) is 5.75 Å². The summed E-state index contributed by atoms with van der Waals surface area (Å²) in [4.78, 5) is 12.6. The highest BCUT2D eigenvalue weighted by Gasteiger charge is 2.28. The molecule has 1 amide bonds. The Morgan fingerprint density at radius 1 is 0.935 bits per heavy atom. The molecule has 0 fully saturated rings. The third kappa shape index (κ3) is 5.51. The zero-order chi connectivity index (χ0) is 22.3. The van der Waals surface area contributed by atoms with Gasteiger partial charge >= 0.3 is 0 Å². The van der Waals surface area contributed by atoms with Gasteiger partial charge in [-0.3, -0.25) is 4.79 Å². The van der Waals surface area contributed by atoms with E-state index < -0.39 is 10.0 Å². The first-order valence-corrected chi connectivity index (χ1v) is 11.4. The summed E-state index contributed by atoms with van der Waals surface area (Å²) >= 11 is 0. The van der Waals surface area contributed by atoms with Gasteiger partial charge in [0.15, 0.2) is 0 Å². The minimum atomic E-state index is -3.89. The van der Waals surface area contributed by atoms with Gasteiger partial charge in [0, 0.05) is 25.2 Å². The van der Waals surface area contributed by atoms with Crippen LogP contribution in [0.15, 0.2) is 83.8 Å². The number of hydrogen-bond donors (Lipinski definition) is 1. The molecule has 3 rings (SSSR count). The number of rotatable bonds is 9. The molecule has 0 aliphatic heterocycles. The van der Waals surface area contributed by atoms with Crippen molar-refractivity contribution in [2.24, 2.45) is 0 Å². The Kier molecular flexibility index (Phi) is 7.44. The fraction of sp³-hybridized carbons (Fsp3) is 0.208. The molecule has 1 N–H and O–H groups in total. The quantitative estimate of drug-likeness (QED) is 0.551. The predicted octanol–water partition coefficient (Wildman–Crippen LogP) is 3.84. The first-order valence-electron chi connectivity index (χ1n) is 10.00. The first-order chi connectivity index (χ1) is 15.0. The lowest BCUT2D eigenvalue weighted by molar-refractivity contribution is 0.0950. The molecule has 0 aliphatic rings. The van der Waals surface area contributed by atoms with Crippen molar-refractivity contribution in [2.75, 3.05) is 13.7 Å². The van der Waals surface area contributed by atoms with Gasteiger partial charge in [0.05, 0.1) is 7.11 Å². The normalized spacial score (nSPS) is 11.3. The molecule has 0 unspecified atom stereocenters. The minimum absolute atomic E-state index is 0.0276. The highest BCUT2D eigenvalue weighted by molar-refractivity contribution is 7.89. The number of ether oxygens (including phenoxy) is 1. The molecule has 0 saturated carbocycles. The Morgan fingerprint density at radius 2 is 1.55 bits per heavy atom. The summed E-state index contributed by atoms with van der Waals surface area (Å²) in [6, 6.07) is 23.3. The largest absolute Gasteiger partial charge is 0.495 e. The van der Waals surface area contributed by atoms with Gasteiger partial charge in [0.25, 0.3) is 5.91 Å². The van der Waals surface area contributed by atoms with E-state index in [1.54, 1.807) is 13.0 Å². The Balaban J connectivity index is 1.87. The minimum Gasteiger partial charge on any atom is -0.495 e. The fourth-order valence-corrected chi connectivity index (χ4v) is 4.81. The van der Waals surface area contributed by atoms with Gasteiger partial charge < -0.3 is 10.1 Å². The first kappa shape index (κ1) is 22.5. The van der Waals surface area contributed by atoms with Crippen molar-refractivity contribution in [1.29, 1.82) is 0 Å². The second-order valence-corrected chi connectivity index (χ2v) is 8.86. The van der Waals surface area contributed by atoms with E-state index in [9.17, 15) is 13.2 Å². The number of nitrogens with one attached hydrogen (secondary N) is 1. The van der Waals surface area contributed by atoms with Crippen molar-refractivity contribution in [3.05, 3.63) is 95.6 Å². The van der Waals surface area contributed by atoms with Gasteiger partial charge in [0.2, 0.25) is 10.0 Å². The molecule has 0 saturated heterocycles. The van der Waals surface area contributed by atoms with Crippen LogP contribution in [0.4, 0.5) is 0 Å². The maximum atomic E-state index is 13.4. The number of hydrogen-bond acceptors (Lipinski definition) is 4. The standard InChI is InChI=1S/C24H26N2O4S/c1-3-26(18-20-12-8-5-9-13-20)31(28,29)23-16-21(14-15-22(23)30-2)24(27)25-17-19-10-6-4-7-11-19/h4-16H,3,17-18H2,1-2H3,(H,25,27). The molecule has 0 atom stereocenters. The molecule has 0 spiro atoms. The smallest absolute Gasteiger partial charge is 0.251 e. The van der Waals surface area contributed by atoms with Crippen molar-refractivity contribution >= 4 is 15.9 Å². The summed E-state index contributed by atoms with van der Waals surface area (Å²) in [7, 11) is -2.47. The van der Waals surface area contributed by atoms with Gasteiger partial charge in [-0.25, -0.2) is 8.42 Å². The molecule has 0 bridgehead atoms. The zero-order valence-corrected chi connectivity index (χ0v) is 18.4. The molecule has 3 aromatic rings. The Hall–Kier alpha value is -3.16. The monoisotopic (exact) mass is 438 g/mol. The van der Waals surface area contributed by atoms with Crippen LogP contribution in [0.2, 0.25) is 0 Å². The van der Waals surface area contributed by atoms with Crippen LogP contribution >= 0.6 is 0 Å². The van der Waals surface area contributed by atoms with Gasteiger partial charge in [-0.1, -0.05) is 67.6 Å². The molecule has 162 valence electrons. The van der Waals surface area contributed by atoms with E-state index in [0.717, 1.165) is 11.1 Å². The topological polar surface area (TPSA) is 75.7 Å². The van der Waals surface area contributed by atoms with Crippen LogP contribution < -0.4 is 10.1 Å². The van der Waals surface area contributed by atoms with Crippen LogP contribution in [0.5, 0.6) is 5.75 Å². The maximum Gasteiger partial charge on any atom is 0.251 e. The fourth-order valence-electron chi connectivity index (χ4n) is 3.19. The van der Waals surface area contributed by atoms with E-state index in [1.807, 2.05) is 60.7 Å². The van der Waals surface area contributed by atoms with E-state index in [0.29, 0.717) is 6.54 Å². The number of carbonyl (C=O) groups excluding carboxylic acids is 1. The highest BCUT2D eigenvalue weighted by Crippen LogP contribution is 2.29. The van der Waals surface area contributed by atoms with Crippen molar-refractivity contribution in [1.82, 2.24) is 9.62 Å². The van der Waals surface area contributed by atoms with Crippen molar-refractivity contribution < 1.29 is 17.9 Å². The SMILES string of the molecule is CCN(Cc1ccccc1)S(=O)(=O)c1cc(C(=O)NCc2ccccc2)ccc1OC. The summed E-state index contributed by atoms with van der Waals surface area (Å²) in [5.74, 6) is -0.153. The second-order valence-electron chi connectivity index (χ2n) is 6.95. The van der Waals surface area contributed by atoms with Crippen molar-refractivity contribution in [2.45, 2.75) is 24.9 Å². The summed E-state index contributed by atoms with van der Waals surface area (Å²) < 4.78 is 33.5. The second kappa shape index (κ2) is 10.2. The van der Waals surface area contributed by atoms with E-state index in [1.165, 1.54) is 23.5 Å². The van der Waals surface area contributed by atoms with Crippen LogP contribution in [-0.2, 0) is 23.1 Å². The maximum absolute atomic E-state index is 13.4. The summed E-state index contributed by atoms with van der Waals surface area (Å²) in [6.45, 7) is 2.64. The van der Waals surface area contributed by atoms with E-state index in [-0.39, 0.29) is 35.2 Å². The average molecular weight is 439 g/mol. The molecular formula is C24H26N2O4S. The third-order valence-corrected chi connectivity index (χ3v) is 6.84. The molecular weight excluding hydrogens is 412 g/mol.